The van der Waals surface area contributed by atoms with E-state index in [2.05, 4.69) is 15.1 Å². The van der Waals surface area contributed by atoms with Crippen molar-refractivity contribution in [3.8, 4) is 16.9 Å². The van der Waals surface area contributed by atoms with Gasteiger partial charge in [-0.15, -0.1) is 0 Å². The highest BCUT2D eigenvalue weighted by molar-refractivity contribution is 6.32. The number of fused-ring (bicyclic) bond motifs is 3. The molecule has 0 aliphatic carbocycles. The van der Waals surface area contributed by atoms with Crippen molar-refractivity contribution in [1.29, 1.82) is 0 Å². The van der Waals surface area contributed by atoms with Crippen LogP contribution in [0.1, 0.15) is 12.6 Å². The Balaban J connectivity index is 1.83. The number of hydrogen-bond acceptors (Lipinski definition) is 5. The second kappa shape index (κ2) is 5.82. The second-order valence-electron chi connectivity index (χ2n) is 5.67. The Kier molecular flexibility index (Phi) is 3.62. The van der Waals surface area contributed by atoms with Crippen molar-refractivity contribution < 1.29 is 9.53 Å². The first-order valence-corrected chi connectivity index (χ1v) is 7.99. The lowest BCUT2D eigenvalue weighted by molar-refractivity contribution is -0.131. The highest BCUT2D eigenvalue weighted by atomic mass is 35.5. The highest BCUT2D eigenvalue weighted by Crippen LogP contribution is 2.31. The molecule has 3 heterocycles. The number of rotatable bonds is 2. The lowest BCUT2D eigenvalue weighted by Crippen LogP contribution is -2.01. The van der Waals surface area contributed by atoms with Crippen LogP contribution in [0.5, 0.6) is 5.75 Å². The molecule has 7 heteroatoms. The third kappa shape index (κ3) is 2.81. The smallest absolute Gasteiger partial charge is 0.308 e. The minimum Gasteiger partial charge on any atom is -0.427 e. The Hall–Kier alpha value is -2.99. The first kappa shape index (κ1) is 15.5. The third-order valence-electron chi connectivity index (χ3n) is 3.76. The molecular weight excluding hydrogens is 340 g/mol. The molecule has 6 nitrogen and oxygen atoms in total. The molecule has 0 aliphatic rings. The minimum absolute atomic E-state index is 0.359. The van der Waals surface area contributed by atoms with E-state index in [-0.39, 0.29) is 5.97 Å². The van der Waals surface area contributed by atoms with Gasteiger partial charge in [0.15, 0.2) is 11.3 Å². The van der Waals surface area contributed by atoms with E-state index >= 15 is 0 Å². The molecular formula is C18H13ClN4O2. The van der Waals surface area contributed by atoms with Crippen LogP contribution in [0, 0.1) is 6.92 Å². The lowest BCUT2D eigenvalue weighted by atomic mass is 10.1. The van der Waals surface area contributed by atoms with Crippen LogP contribution in [-0.2, 0) is 4.79 Å². The average molecular weight is 353 g/mol. The van der Waals surface area contributed by atoms with Crippen molar-refractivity contribution in [2.24, 2.45) is 0 Å². The number of hydrogen-bond donors (Lipinski definition) is 0. The molecule has 0 amide bonds. The maximum Gasteiger partial charge on any atom is 0.308 e. The number of benzene rings is 1. The third-order valence-corrected chi connectivity index (χ3v) is 4.05. The Morgan fingerprint density at radius 2 is 1.96 bits per heavy atom. The predicted octanol–water partition coefficient (Wildman–Crippen LogP) is 3.83. The summed E-state index contributed by atoms with van der Waals surface area (Å²) >= 11 is 6.41. The average Bonchev–Trinajstić information content (AvgIpc) is 2.95. The Labute approximate surface area is 148 Å². The molecule has 0 saturated carbocycles. The summed E-state index contributed by atoms with van der Waals surface area (Å²) < 4.78 is 6.73. The van der Waals surface area contributed by atoms with Gasteiger partial charge in [-0.05, 0) is 30.7 Å². The maximum atomic E-state index is 11.0. The number of halogens is 1. The zero-order valence-electron chi connectivity index (χ0n) is 13.5. The Morgan fingerprint density at radius 1 is 1.20 bits per heavy atom. The molecule has 0 radical (unpaired) electrons. The van der Waals surface area contributed by atoms with Crippen LogP contribution in [-0.4, -0.2) is 25.6 Å². The summed E-state index contributed by atoms with van der Waals surface area (Å²) in [5.74, 6) is 0.124. The number of carbonyl (C=O) groups excluding carboxylic acids is 1. The molecule has 0 atom stereocenters. The SMILES string of the molecule is CC(=O)Oc1ccc(-c2cc3cnc4cc(C)nn4c3nc2Cl)cc1. The summed E-state index contributed by atoms with van der Waals surface area (Å²) in [6.07, 6.45) is 1.76. The predicted molar refractivity (Wildman–Crippen MR) is 94.8 cm³/mol. The van der Waals surface area contributed by atoms with Crippen molar-refractivity contribution in [2.75, 3.05) is 0 Å². The molecule has 0 spiro atoms. The zero-order chi connectivity index (χ0) is 17.6. The van der Waals surface area contributed by atoms with E-state index in [4.69, 9.17) is 16.3 Å². The summed E-state index contributed by atoms with van der Waals surface area (Å²) in [5.41, 5.74) is 3.89. The monoisotopic (exact) mass is 352 g/mol. The van der Waals surface area contributed by atoms with Gasteiger partial charge in [-0.1, -0.05) is 23.7 Å². The van der Waals surface area contributed by atoms with Crippen molar-refractivity contribution in [2.45, 2.75) is 13.8 Å². The fourth-order valence-corrected chi connectivity index (χ4v) is 2.95. The molecule has 3 aromatic heterocycles. The Bertz CT molecular complexity index is 1120. The number of ether oxygens (including phenoxy) is 1. The number of nitrogens with zero attached hydrogens (tertiary/aromatic N) is 4. The fraction of sp³-hybridized carbons (Fsp3) is 0.111. The Morgan fingerprint density at radius 3 is 2.68 bits per heavy atom. The van der Waals surface area contributed by atoms with Gasteiger partial charge in [-0.2, -0.15) is 9.61 Å². The van der Waals surface area contributed by atoms with Gasteiger partial charge >= 0.3 is 5.97 Å². The summed E-state index contributed by atoms with van der Waals surface area (Å²) in [4.78, 5) is 19.9. The summed E-state index contributed by atoms with van der Waals surface area (Å²) in [7, 11) is 0. The van der Waals surface area contributed by atoms with E-state index in [1.165, 1.54) is 6.92 Å². The quantitative estimate of drug-likeness (QED) is 0.311. The number of aryl methyl sites for hydroxylation is 1. The van der Waals surface area contributed by atoms with Gasteiger partial charge in [-0.3, -0.25) is 4.79 Å². The first-order chi connectivity index (χ1) is 12.0. The van der Waals surface area contributed by atoms with Crippen LogP contribution in [0.4, 0.5) is 0 Å². The van der Waals surface area contributed by atoms with E-state index in [9.17, 15) is 4.79 Å². The number of carbonyl (C=O) groups is 1. The van der Waals surface area contributed by atoms with Crippen LogP contribution in [0.3, 0.4) is 0 Å². The summed E-state index contributed by atoms with van der Waals surface area (Å²) in [5, 5.41) is 5.61. The lowest BCUT2D eigenvalue weighted by Gasteiger charge is -2.08. The first-order valence-electron chi connectivity index (χ1n) is 7.62. The highest BCUT2D eigenvalue weighted by Gasteiger charge is 2.12. The summed E-state index contributed by atoms with van der Waals surface area (Å²) in [6, 6.07) is 10.9. The van der Waals surface area contributed by atoms with Crippen molar-refractivity contribution in [1.82, 2.24) is 19.6 Å². The van der Waals surface area contributed by atoms with E-state index in [1.807, 2.05) is 31.2 Å². The molecule has 4 rings (SSSR count). The van der Waals surface area contributed by atoms with Crippen LogP contribution >= 0.6 is 11.6 Å². The van der Waals surface area contributed by atoms with Crippen LogP contribution in [0.15, 0.2) is 42.6 Å². The number of aromatic nitrogens is 4. The molecule has 0 bridgehead atoms. The standard InChI is InChI=1S/C18H13ClN4O2/c1-10-7-16-20-9-13-8-15(17(19)21-18(13)23(16)22-10)12-3-5-14(6-4-12)25-11(2)24/h3-9H,1-2H3. The van der Waals surface area contributed by atoms with Crippen molar-refractivity contribution in [3.05, 3.63) is 53.4 Å². The van der Waals surface area contributed by atoms with Gasteiger partial charge in [0, 0.05) is 30.1 Å². The van der Waals surface area contributed by atoms with Crippen molar-refractivity contribution in [3.63, 3.8) is 0 Å². The van der Waals surface area contributed by atoms with E-state index in [0.29, 0.717) is 16.5 Å². The van der Waals surface area contributed by atoms with Crippen molar-refractivity contribution >= 4 is 34.3 Å². The second-order valence-corrected chi connectivity index (χ2v) is 6.03. The fourth-order valence-electron chi connectivity index (χ4n) is 2.70. The molecule has 0 unspecified atom stereocenters. The number of pyridine rings is 1. The zero-order valence-corrected chi connectivity index (χ0v) is 14.3. The van der Waals surface area contributed by atoms with Gasteiger partial charge in [0.2, 0.25) is 0 Å². The molecule has 0 fully saturated rings. The molecule has 0 N–H and O–H groups in total. The normalized spacial score (nSPS) is 11.2. The van der Waals surface area contributed by atoms with Gasteiger partial charge < -0.3 is 4.74 Å². The molecule has 4 aromatic rings. The van der Waals surface area contributed by atoms with Gasteiger partial charge in [0.05, 0.1) is 5.69 Å². The van der Waals surface area contributed by atoms with Gasteiger partial charge in [0.1, 0.15) is 10.9 Å². The molecule has 1 aromatic carbocycles. The van der Waals surface area contributed by atoms with Crippen LogP contribution < -0.4 is 4.74 Å². The van der Waals surface area contributed by atoms with E-state index in [0.717, 1.165) is 27.9 Å². The summed E-state index contributed by atoms with van der Waals surface area (Å²) in [6.45, 7) is 3.27. The molecule has 0 saturated heterocycles. The van der Waals surface area contributed by atoms with Crippen LogP contribution in [0.2, 0.25) is 5.15 Å². The van der Waals surface area contributed by atoms with Gasteiger partial charge in [0.25, 0.3) is 0 Å². The molecule has 25 heavy (non-hydrogen) atoms. The number of esters is 1. The topological polar surface area (TPSA) is 69.4 Å². The maximum absolute atomic E-state index is 11.0. The molecule has 124 valence electrons. The van der Waals surface area contributed by atoms with Gasteiger partial charge in [-0.25, -0.2) is 9.97 Å². The van der Waals surface area contributed by atoms with Crippen LogP contribution in [0.25, 0.3) is 27.8 Å². The molecule has 0 aliphatic heterocycles. The minimum atomic E-state index is -0.359. The largest absolute Gasteiger partial charge is 0.427 e. The van der Waals surface area contributed by atoms with E-state index < -0.39 is 0 Å². The van der Waals surface area contributed by atoms with E-state index in [1.54, 1.807) is 22.8 Å².